The van der Waals surface area contributed by atoms with Gasteiger partial charge in [0, 0.05) is 43.6 Å². The number of hydrogen-bond donors (Lipinski definition) is 0. The number of likely N-dealkylation sites (tertiary alicyclic amines) is 1. The van der Waals surface area contributed by atoms with E-state index >= 15 is 0 Å². The van der Waals surface area contributed by atoms with E-state index in [1.54, 1.807) is 69.7 Å². The lowest BCUT2D eigenvalue weighted by molar-refractivity contribution is -0.100. The quantitative estimate of drug-likeness (QED) is 0.492. The SMILES string of the molecule is C#CC#CC#CC#CC#CC#CC#CC#CC.COc1ccc(C(=O)N2CCC3(CC2)OCCN3C(=O)c2ccc(OC)cc2)cc1. The summed E-state index contributed by atoms with van der Waals surface area (Å²) in [6.07, 6.45) is 6.07. The van der Waals surface area contributed by atoms with Gasteiger partial charge in [-0.2, -0.15) is 0 Å². The molecule has 0 atom stereocenters. The first-order valence-corrected chi connectivity index (χ1v) is 14.4. The fourth-order valence-corrected chi connectivity index (χ4v) is 4.62. The third kappa shape index (κ3) is 10.5. The average Bonchev–Trinajstić information content (AvgIpc) is 3.52. The maximum atomic E-state index is 13.1. The van der Waals surface area contributed by atoms with Gasteiger partial charge in [-0.15, -0.1) is 6.42 Å². The summed E-state index contributed by atoms with van der Waals surface area (Å²) in [6, 6.07) is 14.2. The van der Waals surface area contributed by atoms with Crippen molar-refractivity contribution in [2.24, 2.45) is 0 Å². The molecule has 230 valence electrons. The van der Waals surface area contributed by atoms with E-state index in [0.717, 1.165) is 5.75 Å². The molecule has 0 bridgehead atoms. The largest absolute Gasteiger partial charge is 0.497 e. The van der Waals surface area contributed by atoms with Crippen LogP contribution in [0.5, 0.6) is 11.5 Å². The van der Waals surface area contributed by atoms with E-state index in [0.29, 0.717) is 56.0 Å². The van der Waals surface area contributed by atoms with Crippen LogP contribution in [0.1, 0.15) is 40.5 Å². The van der Waals surface area contributed by atoms with Crippen LogP contribution in [-0.4, -0.2) is 67.8 Å². The van der Waals surface area contributed by atoms with E-state index in [1.165, 1.54) is 0 Å². The van der Waals surface area contributed by atoms with Gasteiger partial charge in [-0.25, -0.2) is 0 Å². The summed E-state index contributed by atoms with van der Waals surface area (Å²) in [7, 11) is 3.20. The molecule has 0 aliphatic carbocycles. The molecule has 7 nitrogen and oxygen atoms in total. The Morgan fingerprint density at radius 1 is 0.660 bits per heavy atom. The summed E-state index contributed by atoms with van der Waals surface area (Å²) in [5.74, 6) is 38.3. The van der Waals surface area contributed by atoms with Crippen molar-refractivity contribution in [3.05, 3.63) is 59.7 Å². The van der Waals surface area contributed by atoms with E-state index in [1.807, 2.05) is 9.80 Å². The predicted molar refractivity (Wildman–Crippen MR) is 180 cm³/mol. The van der Waals surface area contributed by atoms with Gasteiger partial charge in [0.05, 0.1) is 20.8 Å². The van der Waals surface area contributed by atoms with E-state index in [9.17, 15) is 9.59 Å². The van der Waals surface area contributed by atoms with Gasteiger partial charge in [-0.3, -0.25) is 9.59 Å². The Balaban J connectivity index is 0.000000303. The molecule has 7 heteroatoms. The summed E-state index contributed by atoms with van der Waals surface area (Å²) in [4.78, 5) is 29.6. The van der Waals surface area contributed by atoms with Gasteiger partial charge in [0.2, 0.25) is 0 Å². The maximum Gasteiger partial charge on any atom is 0.256 e. The minimum absolute atomic E-state index is 0.0152. The Hall–Kier alpha value is -6.58. The van der Waals surface area contributed by atoms with Crippen LogP contribution in [0.3, 0.4) is 0 Å². The number of ether oxygens (including phenoxy) is 3. The highest BCUT2D eigenvalue weighted by Gasteiger charge is 2.47. The zero-order valence-corrected chi connectivity index (χ0v) is 26.4. The van der Waals surface area contributed by atoms with Crippen LogP contribution in [-0.2, 0) is 4.74 Å². The number of carbonyl (C=O) groups excluding carboxylic acids is 2. The van der Waals surface area contributed by atoms with Crippen molar-refractivity contribution in [3.63, 3.8) is 0 Å². The van der Waals surface area contributed by atoms with E-state index in [4.69, 9.17) is 20.6 Å². The minimum atomic E-state index is -0.645. The number of piperidine rings is 1. The number of carbonyl (C=O) groups is 2. The maximum absolute atomic E-state index is 13.1. The smallest absolute Gasteiger partial charge is 0.256 e. The number of rotatable bonds is 4. The molecule has 1 spiro atoms. The van der Waals surface area contributed by atoms with Crippen molar-refractivity contribution >= 4 is 11.8 Å². The number of hydrogen-bond acceptors (Lipinski definition) is 5. The molecule has 2 fully saturated rings. The van der Waals surface area contributed by atoms with Crippen molar-refractivity contribution in [2.75, 3.05) is 40.5 Å². The minimum Gasteiger partial charge on any atom is -0.497 e. The van der Waals surface area contributed by atoms with Crippen molar-refractivity contribution in [1.82, 2.24) is 9.80 Å². The molecule has 2 aromatic rings. The van der Waals surface area contributed by atoms with Gasteiger partial charge in [0.15, 0.2) is 0 Å². The van der Waals surface area contributed by atoms with Crippen molar-refractivity contribution in [3.8, 4) is 107 Å². The zero-order valence-electron chi connectivity index (χ0n) is 26.4. The summed E-state index contributed by atoms with van der Waals surface area (Å²) in [5, 5.41) is 0. The predicted octanol–water partition coefficient (Wildman–Crippen LogP) is 3.47. The van der Waals surface area contributed by atoms with Crippen LogP contribution in [0.15, 0.2) is 48.5 Å². The molecule has 4 rings (SSSR count). The highest BCUT2D eigenvalue weighted by Crippen LogP contribution is 2.36. The monoisotopic (exact) mass is 618 g/mol. The molecule has 47 heavy (non-hydrogen) atoms. The van der Waals surface area contributed by atoms with Crippen LogP contribution in [0.25, 0.3) is 0 Å². The van der Waals surface area contributed by atoms with Gasteiger partial charge >= 0.3 is 0 Å². The normalized spacial score (nSPS) is 12.7. The van der Waals surface area contributed by atoms with Crippen LogP contribution in [0.2, 0.25) is 0 Å². The van der Waals surface area contributed by atoms with Crippen LogP contribution < -0.4 is 9.47 Å². The summed E-state index contributed by atoms with van der Waals surface area (Å²) < 4.78 is 16.4. The summed E-state index contributed by atoms with van der Waals surface area (Å²) in [5.41, 5.74) is 0.593. The van der Waals surface area contributed by atoms with Crippen molar-refractivity contribution in [1.29, 1.82) is 0 Å². The van der Waals surface area contributed by atoms with Gasteiger partial charge in [-0.05, 0) is 138 Å². The average molecular weight is 619 g/mol. The van der Waals surface area contributed by atoms with Crippen molar-refractivity contribution in [2.45, 2.75) is 25.5 Å². The molecule has 2 amide bonds. The molecule has 0 saturated carbocycles. The van der Waals surface area contributed by atoms with E-state index in [2.05, 4.69) is 88.8 Å². The van der Waals surface area contributed by atoms with E-state index < -0.39 is 5.72 Å². The number of terminal acetylenes is 1. The standard InChI is InChI=1S/C23H26N2O5.C17H4/c1-28-19-7-3-17(4-8-19)21(26)24-13-11-23(12-14-24)25(15-16-30-23)22(27)18-5-9-20(29-2)10-6-18;1-3-5-7-9-11-13-15-17-16-14-12-10-8-6-4-2/h3-10H,11-16H2,1-2H3;1H,2H3. The second kappa shape index (κ2) is 18.9. The van der Waals surface area contributed by atoms with Gasteiger partial charge in [0.25, 0.3) is 11.8 Å². The molecule has 2 aromatic carbocycles. The molecule has 0 radical (unpaired) electrons. The molecule has 0 unspecified atom stereocenters. The highest BCUT2D eigenvalue weighted by molar-refractivity contribution is 5.95. The van der Waals surface area contributed by atoms with Crippen LogP contribution in [0.4, 0.5) is 0 Å². The molecular weight excluding hydrogens is 588 g/mol. The summed E-state index contributed by atoms with van der Waals surface area (Å²) >= 11 is 0. The Labute approximate surface area is 277 Å². The molecule has 0 N–H and O–H groups in total. The first kappa shape index (κ1) is 34.9. The second-order valence-corrected chi connectivity index (χ2v) is 9.52. The van der Waals surface area contributed by atoms with E-state index in [-0.39, 0.29) is 11.8 Å². The van der Waals surface area contributed by atoms with Gasteiger partial charge < -0.3 is 24.0 Å². The number of amides is 2. The number of methoxy groups -OCH3 is 2. The first-order valence-electron chi connectivity index (χ1n) is 14.4. The zero-order chi connectivity index (χ0) is 33.7. The topological polar surface area (TPSA) is 68.3 Å². The summed E-state index contributed by atoms with van der Waals surface area (Å²) in [6.45, 7) is 3.84. The lowest BCUT2D eigenvalue weighted by atomic mass is 9.97. The lowest BCUT2D eigenvalue weighted by Gasteiger charge is -2.43. The van der Waals surface area contributed by atoms with Crippen molar-refractivity contribution < 1.29 is 23.8 Å². The second-order valence-electron chi connectivity index (χ2n) is 9.52. The lowest BCUT2D eigenvalue weighted by Crippen LogP contribution is -2.55. The molecule has 2 aliphatic heterocycles. The highest BCUT2D eigenvalue weighted by atomic mass is 16.5. The molecule has 2 saturated heterocycles. The first-order chi connectivity index (χ1) is 23.0. The molecule has 2 aliphatic rings. The van der Waals surface area contributed by atoms with Gasteiger partial charge in [0.1, 0.15) is 17.2 Å². The Morgan fingerprint density at radius 2 is 1.09 bits per heavy atom. The molecule has 2 heterocycles. The van der Waals surface area contributed by atoms with Gasteiger partial charge in [-0.1, -0.05) is 5.92 Å². The molecule has 0 aromatic heterocycles. The Bertz CT molecular complexity index is 1930. The third-order valence-electron chi connectivity index (χ3n) is 6.88. The van der Waals surface area contributed by atoms with Crippen LogP contribution in [0, 0.1) is 95.2 Å². The molecular formula is C40H30N2O5. The third-order valence-corrected chi connectivity index (χ3v) is 6.88. The fraction of sp³-hybridized carbons (Fsp3) is 0.250. The fourth-order valence-electron chi connectivity index (χ4n) is 4.62. The Kier molecular flexibility index (Phi) is 14.1. The number of benzene rings is 2. The number of nitrogens with zero attached hydrogens (tertiary/aromatic N) is 2. The van der Waals surface area contributed by atoms with Crippen LogP contribution >= 0.6 is 0 Å². The Morgan fingerprint density at radius 3 is 1.51 bits per heavy atom.